The fourth-order valence-electron chi connectivity index (χ4n) is 4.70. The monoisotopic (exact) mass is 417 g/mol. The molecule has 0 atom stereocenters. The summed E-state index contributed by atoms with van der Waals surface area (Å²) in [6, 6.07) is 17.2. The summed E-state index contributed by atoms with van der Waals surface area (Å²) in [5, 5.41) is 7.46. The first kappa shape index (κ1) is 21.5. The molecule has 5 rings (SSSR count). The fraction of sp³-hybridized carbons (Fsp3) is 0.385. The van der Waals surface area contributed by atoms with E-state index in [2.05, 4.69) is 15.6 Å². The zero-order valence-electron chi connectivity index (χ0n) is 18.4. The van der Waals surface area contributed by atoms with Crippen molar-refractivity contribution in [2.75, 3.05) is 33.3 Å². The number of benzene rings is 2. The number of hydrogen-bond acceptors (Lipinski definition) is 5. The predicted molar refractivity (Wildman–Crippen MR) is 126 cm³/mol. The molecule has 0 amide bonds. The van der Waals surface area contributed by atoms with Gasteiger partial charge in [-0.25, -0.2) is 4.98 Å². The molecule has 31 heavy (non-hydrogen) atoms. The molecular weight excluding hydrogens is 386 g/mol. The van der Waals surface area contributed by atoms with E-state index in [1.807, 2.05) is 68.6 Å². The number of fused-ring (bicyclic) bond motifs is 1. The third-order valence-electron chi connectivity index (χ3n) is 6.27. The van der Waals surface area contributed by atoms with Crippen LogP contribution in [-0.4, -0.2) is 44.6 Å². The van der Waals surface area contributed by atoms with E-state index in [1.165, 1.54) is 32.5 Å². The molecule has 1 saturated carbocycles. The number of para-hydroxylation sites is 1. The van der Waals surface area contributed by atoms with Gasteiger partial charge < -0.3 is 15.4 Å². The molecule has 1 aliphatic heterocycles. The molecule has 1 aromatic heterocycles. The maximum absolute atomic E-state index is 11.3. The SMILES string of the molecule is CCOc1ccc(-c2cc(C=O)c3ccccc3n2)cc1.CNCC1CC2(CNC2)C1. The van der Waals surface area contributed by atoms with Gasteiger partial charge in [0.15, 0.2) is 6.29 Å². The van der Waals surface area contributed by atoms with Crippen LogP contribution in [0.3, 0.4) is 0 Å². The molecule has 5 heteroatoms. The number of carbonyl (C=O) groups excluding carboxylic acids is 1. The van der Waals surface area contributed by atoms with Gasteiger partial charge in [-0.3, -0.25) is 4.79 Å². The predicted octanol–water partition coefficient (Wildman–Crippen LogP) is 4.32. The maximum atomic E-state index is 11.3. The molecule has 2 fully saturated rings. The van der Waals surface area contributed by atoms with Crippen molar-refractivity contribution in [1.29, 1.82) is 0 Å². The summed E-state index contributed by atoms with van der Waals surface area (Å²) in [6.45, 7) is 6.39. The van der Waals surface area contributed by atoms with Crippen molar-refractivity contribution in [2.24, 2.45) is 11.3 Å². The summed E-state index contributed by atoms with van der Waals surface area (Å²) in [5.41, 5.74) is 4.00. The Morgan fingerprint density at radius 3 is 2.52 bits per heavy atom. The Bertz CT molecular complexity index is 1020. The van der Waals surface area contributed by atoms with Crippen molar-refractivity contribution >= 4 is 17.2 Å². The third-order valence-corrected chi connectivity index (χ3v) is 6.27. The second-order valence-corrected chi connectivity index (χ2v) is 8.62. The van der Waals surface area contributed by atoms with E-state index in [0.717, 1.165) is 45.5 Å². The van der Waals surface area contributed by atoms with Gasteiger partial charge in [0.1, 0.15) is 5.75 Å². The molecule has 162 valence electrons. The van der Waals surface area contributed by atoms with E-state index in [-0.39, 0.29) is 0 Å². The van der Waals surface area contributed by atoms with E-state index >= 15 is 0 Å². The fourth-order valence-corrected chi connectivity index (χ4v) is 4.70. The number of aromatic nitrogens is 1. The van der Waals surface area contributed by atoms with Crippen LogP contribution in [0, 0.1) is 11.3 Å². The minimum atomic E-state index is 0.642. The zero-order valence-corrected chi connectivity index (χ0v) is 18.4. The van der Waals surface area contributed by atoms with Crippen molar-refractivity contribution in [3.05, 3.63) is 60.2 Å². The average Bonchev–Trinajstić information content (AvgIpc) is 2.75. The van der Waals surface area contributed by atoms with Gasteiger partial charge in [0, 0.05) is 29.6 Å². The molecule has 2 aliphatic rings. The molecular formula is C26H31N3O2. The standard InChI is InChI=1S/C18H15NO2.C8H16N2/c1-2-21-15-9-7-13(8-10-15)18-11-14(12-20)16-5-3-4-6-17(16)19-18;1-9-4-7-2-8(3-7)5-10-6-8/h3-12H,2H2,1H3;7,9-10H,2-6H2,1H3. The van der Waals surface area contributed by atoms with Gasteiger partial charge in [-0.05, 0) is 81.1 Å². The zero-order chi connectivity index (χ0) is 21.7. The second-order valence-electron chi connectivity index (χ2n) is 8.62. The Labute approximate surface area is 184 Å². The van der Waals surface area contributed by atoms with E-state index in [4.69, 9.17) is 4.74 Å². The van der Waals surface area contributed by atoms with Crippen LogP contribution in [0.2, 0.25) is 0 Å². The molecule has 0 bridgehead atoms. The average molecular weight is 418 g/mol. The molecule has 0 unspecified atom stereocenters. The van der Waals surface area contributed by atoms with Crippen LogP contribution in [0.15, 0.2) is 54.6 Å². The van der Waals surface area contributed by atoms with Crippen molar-refractivity contribution in [3.63, 3.8) is 0 Å². The Kier molecular flexibility index (Phi) is 6.64. The number of carbonyl (C=O) groups is 1. The molecule has 0 radical (unpaired) electrons. The van der Waals surface area contributed by atoms with Gasteiger partial charge in [0.2, 0.25) is 0 Å². The van der Waals surface area contributed by atoms with Crippen molar-refractivity contribution < 1.29 is 9.53 Å². The van der Waals surface area contributed by atoms with Crippen LogP contribution in [0.4, 0.5) is 0 Å². The Hall–Kier alpha value is -2.76. The number of rotatable bonds is 6. The summed E-state index contributed by atoms with van der Waals surface area (Å²) < 4.78 is 5.44. The van der Waals surface area contributed by atoms with Gasteiger partial charge in [0.25, 0.3) is 0 Å². The molecule has 3 aromatic rings. The van der Waals surface area contributed by atoms with E-state index < -0.39 is 0 Å². The maximum Gasteiger partial charge on any atom is 0.150 e. The first-order valence-corrected chi connectivity index (χ1v) is 11.1. The molecule has 2 aromatic carbocycles. The summed E-state index contributed by atoms with van der Waals surface area (Å²) in [4.78, 5) is 15.9. The lowest BCUT2D eigenvalue weighted by molar-refractivity contribution is 0.00195. The third kappa shape index (κ3) is 4.78. The lowest BCUT2D eigenvalue weighted by atomic mass is 9.58. The number of pyridine rings is 1. The molecule has 1 spiro atoms. The highest BCUT2D eigenvalue weighted by Gasteiger charge is 2.47. The van der Waals surface area contributed by atoms with Crippen LogP contribution >= 0.6 is 0 Å². The Morgan fingerprint density at radius 2 is 1.90 bits per heavy atom. The first-order valence-electron chi connectivity index (χ1n) is 11.1. The molecule has 2 heterocycles. The van der Waals surface area contributed by atoms with Crippen LogP contribution in [0.1, 0.15) is 30.1 Å². The topological polar surface area (TPSA) is 63.2 Å². The Balaban J connectivity index is 0.000000192. The highest BCUT2D eigenvalue weighted by Crippen LogP contribution is 2.47. The van der Waals surface area contributed by atoms with Crippen molar-refractivity contribution in [3.8, 4) is 17.0 Å². The minimum absolute atomic E-state index is 0.642. The van der Waals surface area contributed by atoms with Crippen molar-refractivity contribution in [2.45, 2.75) is 19.8 Å². The summed E-state index contributed by atoms with van der Waals surface area (Å²) in [6.07, 6.45) is 3.80. The first-order chi connectivity index (χ1) is 15.2. The van der Waals surface area contributed by atoms with Gasteiger partial charge in [-0.2, -0.15) is 0 Å². The van der Waals surface area contributed by atoms with Gasteiger partial charge in [-0.15, -0.1) is 0 Å². The van der Waals surface area contributed by atoms with Crippen LogP contribution in [0.5, 0.6) is 5.75 Å². The highest BCUT2D eigenvalue weighted by atomic mass is 16.5. The van der Waals surface area contributed by atoms with E-state index in [1.54, 1.807) is 0 Å². The van der Waals surface area contributed by atoms with Gasteiger partial charge in [-0.1, -0.05) is 18.2 Å². The number of ether oxygens (including phenoxy) is 1. The number of nitrogens with zero attached hydrogens (tertiary/aromatic N) is 1. The Morgan fingerprint density at radius 1 is 1.16 bits per heavy atom. The van der Waals surface area contributed by atoms with Gasteiger partial charge >= 0.3 is 0 Å². The highest BCUT2D eigenvalue weighted by molar-refractivity contribution is 5.98. The van der Waals surface area contributed by atoms with Crippen LogP contribution < -0.4 is 15.4 Å². The van der Waals surface area contributed by atoms with Crippen LogP contribution in [0.25, 0.3) is 22.2 Å². The molecule has 1 saturated heterocycles. The lowest BCUT2D eigenvalue weighted by Crippen LogP contribution is -2.61. The largest absolute Gasteiger partial charge is 0.494 e. The second kappa shape index (κ2) is 9.58. The van der Waals surface area contributed by atoms with E-state index in [9.17, 15) is 4.79 Å². The van der Waals surface area contributed by atoms with E-state index in [0.29, 0.717) is 12.2 Å². The minimum Gasteiger partial charge on any atom is -0.494 e. The number of aldehydes is 1. The quantitative estimate of drug-likeness (QED) is 0.585. The van der Waals surface area contributed by atoms with Crippen LogP contribution in [-0.2, 0) is 0 Å². The summed E-state index contributed by atoms with van der Waals surface area (Å²) >= 11 is 0. The van der Waals surface area contributed by atoms with Crippen molar-refractivity contribution in [1.82, 2.24) is 15.6 Å². The molecule has 2 N–H and O–H groups in total. The summed E-state index contributed by atoms with van der Waals surface area (Å²) in [5.74, 6) is 1.81. The number of nitrogens with one attached hydrogen (secondary N) is 2. The summed E-state index contributed by atoms with van der Waals surface area (Å²) in [7, 11) is 2.05. The number of hydrogen-bond donors (Lipinski definition) is 2. The van der Waals surface area contributed by atoms with Gasteiger partial charge in [0.05, 0.1) is 17.8 Å². The molecule has 5 nitrogen and oxygen atoms in total. The lowest BCUT2D eigenvalue weighted by Gasteiger charge is -2.54. The normalized spacial score (nSPS) is 16.7. The molecule has 1 aliphatic carbocycles. The smallest absolute Gasteiger partial charge is 0.150 e.